The van der Waals surface area contributed by atoms with Gasteiger partial charge in [0.2, 0.25) is 15.9 Å². The van der Waals surface area contributed by atoms with Crippen molar-refractivity contribution in [1.29, 1.82) is 0 Å². The van der Waals surface area contributed by atoms with Crippen LogP contribution < -0.4 is 11.5 Å². The van der Waals surface area contributed by atoms with Gasteiger partial charge in [0.15, 0.2) is 0 Å². The van der Waals surface area contributed by atoms with Crippen molar-refractivity contribution in [2.45, 2.75) is 37.1 Å². The number of nitrogens with zero attached hydrogens (tertiary/aromatic N) is 1. The summed E-state index contributed by atoms with van der Waals surface area (Å²) in [5.41, 5.74) is 12.0. The van der Waals surface area contributed by atoms with Crippen LogP contribution in [-0.4, -0.2) is 31.2 Å². The summed E-state index contributed by atoms with van der Waals surface area (Å²) >= 11 is 6.01. The second-order valence-corrected chi connectivity index (χ2v) is 7.45. The molecule has 1 aromatic rings. The lowest BCUT2D eigenvalue weighted by Gasteiger charge is -2.32. The number of amides is 1. The largest absolute Gasteiger partial charge is 0.398 e. The number of primary amides is 1. The van der Waals surface area contributed by atoms with Crippen LogP contribution >= 0.6 is 11.6 Å². The first-order valence-corrected chi connectivity index (χ1v) is 8.43. The van der Waals surface area contributed by atoms with Crippen molar-refractivity contribution in [3.05, 3.63) is 22.7 Å². The maximum Gasteiger partial charge on any atom is 0.243 e. The SMILES string of the molecule is Cc1c(N)cc(S(=O)(=O)N2CCCCC2C(N)=O)cc1Cl. The van der Waals surface area contributed by atoms with Gasteiger partial charge in [0.05, 0.1) is 4.90 Å². The maximum atomic E-state index is 12.7. The van der Waals surface area contributed by atoms with E-state index in [0.29, 0.717) is 24.1 Å². The third kappa shape index (κ3) is 3.00. The first kappa shape index (κ1) is 16.1. The molecule has 1 aliphatic heterocycles. The lowest BCUT2D eigenvalue weighted by atomic mass is 10.0. The average molecular weight is 332 g/mol. The average Bonchev–Trinajstić information content (AvgIpc) is 2.44. The fourth-order valence-electron chi connectivity index (χ4n) is 2.44. The van der Waals surface area contributed by atoms with Crippen LogP contribution in [0.15, 0.2) is 17.0 Å². The summed E-state index contributed by atoms with van der Waals surface area (Å²) in [6.07, 6.45) is 1.90. The van der Waals surface area contributed by atoms with Crippen LogP contribution in [0, 0.1) is 6.92 Å². The molecular formula is C13H18ClN3O3S. The molecule has 0 radical (unpaired) electrons. The van der Waals surface area contributed by atoms with Crippen LogP contribution in [-0.2, 0) is 14.8 Å². The summed E-state index contributed by atoms with van der Waals surface area (Å²) in [6, 6.07) is 1.91. The third-order valence-electron chi connectivity index (χ3n) is 3.75. The second kappa shape index (κ2) is 5.82. The molecule has 1 heterocycles. The lowest BCUT2D eigenvalue weighted by molar-refractivity contribution is -0.122. The van der Waals surface area contributed by atoms with Crippen LogP contribution in [0.3, 0.4) is 0 Å². The number of piperidine rings is 1. The van der Waals surface area contributed by atoms with Gasteiger partial charge in [-0.3, -0.25) is 4.79 Å². The summed E-state index contributed by atoms with van der Waals surface area (Å²) in [4.78, 5) is 11.5. The number of nitrogen functional groups attached to an aromatic ring is 1. The zero-order valence-corrected chi connectivity index (χ0v) is 13.2. The first-order chi connectivity index (χ1) is 9.75. The zero-order valence-electron chi connectivity index (χ0n) is 11.7. The highest BCUT2D eigenvalue weighted by molar-refractivity contribution is 7.89. The molecule has 116 valence electrons. The van der Waals surface area contributed by atoms with Crippen molar-refractivity contribution in [2.75, 3.05) is 12.3 Å². The Morgan fingerprint density at radius 3 is 2.62 bits per heavy atom. The van der Waals surface area contributed by atoms with Crippen molar-refractivity contribution in [3.8, 4) is 0 Å². The fraction of sp³-hybridized carbons (Fsp3) is 0.462. The Labute approximate surface area is 129 Å². The number of anilines is 1. The van der Waals surface area contributed by atoms with Crippen LogP contribution in [0.2, 0.25) is 5.02 Å². The van der Waals surface area contributed by atoms with Gasteiger partial charge in [-0.15, -0.1) is 0 Å². The number of carbonyl (C=O) groups is 1. The quantitative estimate of drug-likeness (QED) is 0.813. The van der Waals surface area contributed by atoms with Gasteiger partial charge in [-0.05, 0) is 37.5 Å². The Morgan fingerprint density at radius 1 is 1.38 bits per heavy atom. The van der Waals surface area contributed by atoms with E-state index in [4.69, 9.17) is 23.1 Å². The Balaban J connectivity index is 2.48. The number of carbonyl (C=O) groups excluding carboxylic acids is 1. The van der Waals surface area contributed by atoms with Crippen molar-refractivity contribution in [2.24, 2.45) is 5.73 Å². The molecule has 1 aliphatic rings. The molecule has 0 saturated carbocycles. The molecule has 2 rings (SSSR count). The minimum atomic E-state index is -3.85. The number of benzene rings is 1. The van der Waals surface area contributed by atoms with Gasteiger partial charge >= 0.3 is 0 Å². The molecule has 0 bridgehead atoms. The summed E-state index contributed by atoms with van der Waals surface area (Å²) in [5, 5.41) is 0.279. The summed E-state index contributed by atoms with van der Waals surface area (Å²) in [6.45, 7) is 1.97. The van der Waals surface area contributed by atoms with E-state index in [1.165, 1.54) is 12.1 Å². The van der Waals surface area contributed by atoms with E-state index in [0.717, 1.165) is 10.7 Å². The summed E-state index contributed by atoms with van der Waals surface area (Å²) < 4.78 is 26.6. The topological polar surface area (TPSA) is 106 Å². The third-order valence-corrected chi connectivity index (χ3v) is 6.03. The number of halogens is 1. The van der Waals surface area contributed by atoms with E-state index in [1.54, 1.807) is 6.92 Å². The van der Waals surface area contributed by atoms with Crippen LogP contribution in [0.5, 0.6) is 0 Å². The predicted molar refractivity (Wildman–Crippen MR) is 81.3 cm³/mol. The molecular weight excluding hydrogens is 314 g/mol. The van der Waals surface area contributed by atoms with Crippen LogP contribution in [0.4, 0.5) is 5.69 Å². The zero-order chi connectivity index (χ0) is 15.8. The van der Waals surface area contributed by atoms with Crippen LogP contribution in [0.25, 0.3) is 0 Å². The van der Waals surface area contributed by atoms with Gasteiger partial charge < -0.3 is 11.5 Å². The first-order valence-electron chi connectivity index (χ1n) is 6.62. The van der Waals surface area contributed by atoms with Crippen LogP contribution in [0.1, 0.15) is 24.8 Å². The number of rotatable bonds is 3. The Kier molecular flexibility index (Phi) is 4.46. The minimum absolute atomic E-state index is 0.0104. The highest BCUT2D eigenvalue weighted by atomic mass is 35.5. The minimum Gasteiger partial charge on any atom is -0.398 e. The molecule has 6 nitrogen and oxygen atoms in total. The van der Waals surface area contributed by atoms with Crippen molar-refractivity contribution >= 4 is 33.2 Å². The molecule has 1 amide bonds. The predicted octanol–water partition coefficient (Wildman–Crippen LogP) is 1.26. The smallest absolute Gasteiger partial charge is 0.243 e. The second-order valence-electron chi connectivity index (χ2n) is 5.15. The van der Waals surface area contributed by atoms with Gasteiger partial charge in [0.1, 0.15) is 6.04 Å². The van der Waals surface area contributed by atoms with Gasteiger partial charge in [-0.25, -0.2) is 8.42 Å². The monoisotopic (exact) mass is 331 g/mol. The van der Waals surface area contributed by atoms with Gasteiger partial charge in [0, 0.05) is 17.3 Å². The molecule has 8 heteroatoms. The normalized spacial score (nSPS) is 20.4. The van der Waals surface area contributed by atoms with E-state index in [9.17, 15) is 13.2 Å². The molecule has 4 N–H and O–H groups in total. The van der Waals surface area contributed by atoms with Crippen molar-refractivity contribution < 1.29 is 13.2 Å². The van der Waals surface area contributed by atoms with Gasteiger partial charge in [0.25, 0.3) is 0 Å². The van der Waals surface area contributed by atoms with E-state index in [1.807, 2.05) is 0 Å². The molecule has 1 fully saturated rings. The molecule has 21 heavy (non-hydrogen) atoms. The summed E-state index contributed by atoms with van der Waals surface area (Å²) in [7, 11) is -3.85. The molecule has 0 aliphatic carbocycles. The molecule has 1 atom stereocenters. The Bertz CT molecular complexity index is 652. The molecule has 1 aromatic carbocycles. The van der Waals surface area contributed by atoms with Gasteiger partial charge in [-0.2, -0.15) is 4.31 Å². The maximum absolute atomic E-state index is 12.7. The van der Waals surface area contributed by atoms with Crippen molar-refractivity contribution in [1.82, 2.24) is 4.31 Å². The number of sulfonamides is 1. The van der Waals surface area contributed by atoms with E-state index < -0.39 is 22.0 Å². The van der Waals surface area contributed by atoms with E-state index >= 15 is 0 Å². The molecule has 0 spiro atoms. The van der Waals surface area contributed by atoms with Gasteiger partial charge in [-0.1, -0.05) is 18.0 Å². The molecule has 1 saturated heterocycles. The standard InChI is InChI=1S/C13H18ClN3O3S/c1-8-10(14)6-9(7-11(8)15)21(19,20)17-5-3-2-4-12(17)13(16)18/h6-7,12H,2-5,15H2,1H3,(H2,16,18). The number of hydrogen-bond donors (Lipinski definition) is 2. The Morgan fingerprint density at radius 2 is 2.05 bits per heavy atom. The number of hydrogen-bond acceptors (Lipinski definition) is 4. The Hall–Kier alpha value is -1.31. The number of nitrogens with two attached hydrogens (primary N) is 2. The summed E-state index contributed by atoms with van der Waals surface area (Å²) in [5.74, 6) is -0.635. The van der Waals surface area contributed by atoms with E-state index in [2.05, 4.69) is 0 Å². The molecule has 1 unspecified atom stereocenters. The molecule has 0 aromatic heterocycles. The van der Waals surface area contributed by atoms with E-state index in [-0.39, 0.29) is 16.5 Å². The highest BCUT2D eigenvalue weighted by Crippen LogP contribution is 2.30. The lowest BCUT2D eigenvalue weighted by Crippen LogP contribution is -2.50. The fourth-order valence-corrected chi connectivity index (χ4v) is 4.45. The highest BCUT2D eigenvalue weighted by Gasteiger charge is 2.36. The van der Waals surface area contributed by atoms with Crippen molar-refractivity contribution in [3.63, 3.8) is 0 Å².